The van der Waals surface area contributed by atoms with Crippen molar-refractivity contribution >= 4 is 34.8 Å². The van der Waals surface area contributed by atoms with E-state index >= 15 is 0 Å². The number of imidazole rings is 1. The molecule has 2 aromatic carbocycles. The number of benzene rings is 2. The summed E-state index contributed by atoms with van der Waals surface area (Å²) in [4.78, 5) is 55.4. The summed E-state index contributed by atoms with van der Waals surface area (Å²) in [6.07, 6.45) is 4.98. The Bertz CT molecular complexity index is 2000. The fourth-order valence-corrected chi connectivity index (χ4v) is 9.52. The minimum atomic E-state index is -0.665. The van der Waals surface area contributed by atoms with Crippen LogP contribution >= 0.6 is 11.3 Å². The second-order valence-corrected chi connectivity index (χ2v) is 16.1. The standard InChI is InChI=1S/C41H51N7O4S/c1-6-28-31(29-10-8-11-30(25(29)3)40-44-34-22-48(23-36(34)53-40)37(49)24-45(4)7-2)12-9-13-32(28)43-39(50)38-42-33-21-47(19-18-35(33)46(38)5)20-26-14-16-27(17-15-26)41(51)52/h8-13,26-27H,6-7,14-24H2,1-5H3,(H,43,50)(H,51,52)/t26-,27+. The van der Waals surface area contributed by atoms with Gasteiger partial charge in [0.2, 0.25) is 5.91 Å². The lowest BCUT2D eigenvalue weighted by Crippen LogP contribution is -2.36. The number of thiazole rings is 1. The average molecular weight is 738 g/mol. The number of hydrogen-bond acceptors (Lipinski definition) is 8. The van der Waals surface area contributed by atoms with Crippen LogP contribution in [0.1, 0.15) is 83.2 Å². The molecule has 0 unspecified atom stereocenters. The van der Waals surface area contributed by atoms with Gasteiger partial charge in [0, 0.05) is 54.9 Å². The summed E-state index contributed by atoms with van der Waals surface area (Å²) in [7, 11) is 3.90. The van der Waals surface area contributed by atoms with E-state index in [0.717, 1.165) is 119 Å². The van der Waals surface area contributed by atoms with E-state index < -0.39 is 5.97 Å². The number of nitrogens with zero attached hydrogens (tertiary/aromatic N) is 6. The van der Waals surface area contributed by atoms with Crippen molar-refractivity contribution in [2.45, 2.75) is 78.9 Å². The molecule has 0 saturated heterocycles. The number of aromatic nitrogens is 3. The molecule has 0 spiro atoms. The van der Waals surface area contributed by atoms with Gasteiger partial charge in [-0.3, -0.25) is 24.2 Å². The van der Waals surface area contributed by atoms with E-state index in [4.69, 9.17) is 9.97 Å². The van der Waals surface area contributed by atoms with E-state index in [1.165, 1.54) is 0 Å². The van der Waals surface area contributed by atoms with Crippen LogP contribution in [0.5, 0.6) is 0 Å². The van der Waals surface area contributed by atoms with Crippen molar-refractivity contribution in [1.82, 2.24) is 29.2 Å². The number of anilines is 1. The van der Waals surface area contributed by atoms with Crippen molar-refractivity contribution < 1.29 is 19.5 Å². The molecule has 0 atom stereocenters. The second-order valence-electron chi connectivity index (χ2n) is 15.0. The van der Waals surface area contributed by atoms with E-state index in [1.54, 1.807) is 11.3 Å². The van der Waals surface area contributed by atoms with E-state index in [2.05, 4.69) is 55.3 Å². The minimum absolute atomic E-state index is 0.136. The van der Waals surface area contributed by atoms with Gasteiger partial charge in [0.05, 0.1) is 36.9 Å². The molecule has 0 bridgehead atoms. The normalized spacial score (nSPS) is 18.6. The Morgan fingerprint density at radius 2 is 1.70 bits per heavy atom. The highest BCUT2D eigenvalue weighted by Crippen LogP contribution is 2.40. The molecule has 7 rings (SSSR count). The van der Waals surface area contributed by atoms with Crippen molar-refractivity contribution in [2.24, 2.45) is 18.9 Å². The van der Waals surface area contributed by atoms with Crippen LogP contribution in [0.2, 0.25) is 0 Å². The van der Waals surface area contributed by atoms with E-state index in [1.807, 2.05) is 40.6 Å². The number of carbonyl (C=O) groups excluding carboxylic acids is 2. The summed E-state index contributed by atoms with van der Waals surface area (Å²) in [6, 6.07) is 12.4. The number of carboxylic acid groups (broad SMARTS) is 1. The first-order valence-corrected chi connectivity index (χ1v) is 19.8. The fraction of sp³-hybridized carbons (Fsp3) is 0.488. The van der Waals surface area contributed by atoms with Crippen LogP contribution in [0, 0.1) is 18.8 Å². The maximum absolute atomic E-state index is 13.9. The molecule has 2 aliphatic heterocycles. The molecule has 0 radical (unpaired) electrons. The lowest BCUT2D eigenvalue weighted by Gasteiger charge is -2.33. The first kappa shape index (κ1) is 36.9. The van der Waals surface area contributed by atoms with Crippen molar-refractivity contribution in [3.63, 3.8) is 0 Å². The zero-order valence-corrected chi connectivity index (χ0v) is 32.4. The van der Waals surface area contributed by atoms with Gasteiger partial charge in [-0.05, 0) is 86.9 Å². The van der Waals surface area contributed by atoms with Crippen LogP contribution in [-0.4, -0.2) is 85.4 Å². The highest BCUT2D eigenvalue weighted by molar-refractivity contribution is 7.15. The number of likely N-dealkylation sites (N-methyl/N-ethyl adjacent to an activating group) is 1. The first-order chi connectivity index (χ1) is 25.5. The zero-order chi connectivity index (χ0) is 37.4. The number of carbonyl (C=O) groups is 3. The first-order valence-electron chi connectivity index (χ1n) is 19.0. The predicted molar refractivity (Wildman–Crippen MR) is 208 cm³/mol. The molecule has 1 aliphatic carbocycles. The third-order valence-electron chi connectivity index (χ3n) is 11.6. The molecule has 4 aromatic rings. The maximum atomic E-state index is 13.9. The van der Waals surface area contributed by atoms with Crippen molar-refractivity contribution in [2.75, 3.05) is 38.5 Å². The van der Waals surface area contributed by atoms with Gasteiger partial charge in [-0.2, -0.15) is 0 Å². The number of rotatable bonds is 11. The van der Waals surface area contributed by atoms with Crippen molar-refractivity contribution in [3.05, 3.63) is 75.3 Å². The Hall–Kier alpha value is -4.39. The second kappa shape index (κ2) is 15.5. The number of fused-ring (bicyclic) bond motifs is 2. The van der Waals surface area contributed by atoms with E-state index in [-0.39, 0.29) is 17.7 Å². The Morgan fingerprint density at radius 3 is 2.42 bits per heavy atom. The molecule has 280 valence electrons. The molecule has 2 N–H and O–H groups in total. The van der Waals surface area contributed by atoms with Gasteiger partial charge in [0.15, 0.2) is 5.82 Å². The highest BCUT2D eigenvalue weighted by atomic mass is 32.1. The van der Waals surface area contributed by atoms with Gasteiger partial charge >= 0.3 is 5.97 Å². The van der Waals surface area contributed by atoms with Gasteiger partial charge in [0.25, 0.3) is 5.91 Å². The van der Waals surface area contributed by atoms with Crippen LogP contribution in [0.4, 0.5) is 5.69 Å². The van der Waals surface area contributed by atoms with Gasteiger partial charge < -0.3 is 19.9 Å². The molecule has 1 fully saturated rings. The van der Waals surface area contributed by atoms with Crippen LogP contribution in [0.3, 0.4) is 0 Å². The summed E-state index contributed by atoms with van der Waals surface area (Å²) in [5.74, 6) is -0.0273. The summed E-state index contributed by atoms with van der Waals surface area (Å²) in [6.45, 7) is 11.3. The quantitative estimate of drug-likeness (QED) is 0.182. The van der Waals surface area contributed by atoms with Crippen LogP contribution in [0.15, 0.2) is 36.4 Å². The third-order valence-corrected chi connectivity index (χ3v) is 12.7. The highest BCUT2D eigenvalue weighted by Gasteiger charge is 2.31. The van der Waals surface area contributed by atoms with E-state index in [9.17, 15) is 19.5 Å². The van der Waals surface area contributed by atoms with Gasteiger partial charge in [-0.25, -0.2) is 9.97 Å². The number of aliphatic carboxylic acids is 1. The molecular weight excluding hydrogens is 687 g/mol. The van der Waals surface area contributed by atoms with Crippen LogP contribution in [-0.2, 0) is 49.1 Å². The molecule has 12 heteroatoms. The number of nitrogens with one attached hydrogen (secondary N) is 1. The van der Waals surface area contributed by atoms with Crippen molar-refractivity contribution in [1.29, 1.82) is 0 Å². The summed E-state index contributed by atoms with van der Waals surface area (Å²) < 4.78 is 1.95. The molecule has 1 saturated carbocycles. The maximum Gasteiger partial charge on any atom is 0.306 e. The van der Waals surface area contributed by atoms with Crippen LogP contribution < -0.4 is 5.32 Å². The molecule has 2 aromatic heterocycles. The summed E-state index contributed by atoms with van der Waals surface area (Å²) in [5.41, 5.74) is 9.31. The lowest BCUT2D eigenvalue weighted by molar-refractivity contribution is -0.143. The number of amides is 2. The fourth-order valence-electron chi connectivity index (χ4n) is 8.35. The Labute approximate surface area is 316 Å². The molecule has 11 nitrogen and oxygen atoms in total. The summed E-state index contributed by atoms with van der Waals surface area (Å²) >= 11 is 1.67. The molecule has 4 heterocycles. The lowest BCUT2D eigenvalue weighted by atomic mass is 9.81. The Kier molecular flexibility index (Phi) is 10.8. The van der Waals surface area contributed by atoms with E-state index in [0.29, 0.717) is 37.9 Å². The van der Waals surface area contributed by atoms with Gasteiger partial charge in [0.1, 0.15) is 5.01 Å². The van der Waals surface area contributed by atoms with Crippen LogP contribution in [0.25, 0.3) is 21.7 Å². The number of hydrogen-bond donors (Lipinski definition) is 2. The molecule has 2 amide bonds. The third kappa shape index (κ3) is 7.54. The largest absolute Gasteiger partial charge is 0.481 e. The topological polar surface area (TPSA) is 124 Å². The molecular formula is C41H51N7O4S. The zero-order valence-electron chi connectivity index (χ0n) is 31.6. The average Bonchev–Trinajstić information content (AvgIpc) is 3.83. The van der Waals surface area contributed by atoms with Gasteiger partial charge in [-0.15, -0.1) is 11.3 Å². The molecule has 3 aliphatic rings. The Morgan fingerprint density at radius 1 is 0.962 bits per heavy atom. The predicted octanol–water partition coefficient (Wildman–Crippen LogP) is 6.38. The number of carboxylic acids is 1. The van der Waals surface area contributed by atoms with Crippen molar-refractivity contribution in [3.8, 4) is 21.7 Å². The smallest absolute Gasteiger partial charge is 0.306 e. The minimum Gasteiger partial charge on any atom is -0.481 e. The Balaban J connectivity index is 1.05. The van der Waals surface area contributed by atoms with Gasteiger partial charge in [-0.1, -0.05) is 44.2 Å². The summed E-state index contributed by atoms with van der Waals surface area (Å²) in [5, 5.41) is 13.6. The molecule has 53 heavy (non-hydrogen) atoms. The SMILES string of the molecule is CCc1c(NC(=O)c2nc3c(n2C)CCN(C[C@H]2CC[C@@H](C(=O)O)CC2)C3)cccc1-c1cccc(-c2nc3c(s2)CN(C(=O)CN(C)CC)C3)c1C. The monoisotopic (exact) mass is 737 g/mol.